The summed E-state index contributed by atoms with van der Waals surface area (Å²) in [6.07, 6.45) is -6.91. The Morgan fingerprint density at radius 3 is 2.50 bits per heavy atom. The molecule has 0 unspecified atom stereocenters. The van der Waals surface area contributed by atoms with Crippen molar-refractivity contribution in [3.63, 3.8) is 0 Å². The lowest BCUT2D eigenvalue weighted by Gasteiger charge is -2.37. The molecule has 0 radical (unpaired) electrons. The SMILES string of the molecule is COc1cccc(/C=C(/[C@@H](O)[C@@H]2COC(C)(C)N2C(=O)OC(C)(C)C)C(F)(F)F)c1. The number of hydrogen-bond donors (Lipinski definition) is 1. The fourth-order valence-electron chi connectivity index (χ4n) is 3.18. The van der Waals surface area contributed by atoms with Crippen molar-refractivity contribution in [1.82, 2.24) is 4.90 Å². The zero-order chi connectivity index (χ0) is 22.9. The van der Waals surface area contributed by atoms with Gasteiger partial charge in [-0.05, 0) is 58.4 Å². The topological polar surface area (TPSA) is 68.2 Å². The fourth-order valence-corrected chi connectivity index (χ4v) is 3.18. The second kappa shape index (κ2) is 8.47. The van der Waals surface area contributed by atoms with Gasteiger partial charge in [-0.1, -0.05) is 12.1 Å². The second-order valence-corrected chi connectivity index (χ2v) is 8.49. The van der Waals surface area contributed by atoms with Crippen LogP contribution in [-0.2, 0) is 9.47 Å². The van der Waals surface area contributed by atoms with Gasteiger partial charge in [-0.3, -0.25) is 4.90 Å². The van der Waals surface area contributed by atoms with Crippen molar-refractivity contribution in [2.45, 2.75) is 64.3 Å². The number of nitrogens with zero attached hydrogens (tertiary/aromatic N) is 1. The molecule has 1 aliphatic heterocycles. The predicted octanol–water partition coefficient (Wildman–Crippen LogP) is 4.37. The zero-order valence-electron chi connectivity index (χ0n) is 17.9. The third kappa shape index (κ3) is 5.66. The van der Waals surface area contributed by atoms with Crippen LogP contribution in [0.1, 0.15) is 40.2 Å². The molecule has 30 heavy (non-hydrogen) atoms. The normalized spacial score (nSPS) is 20.8. The Hall–Kier alpha value is -2.26. The van der Waals surface area contributed by atoms with Gasteiger partial charge in [0.15, 0.2) is 0 Å². The molecule has 1 heterocycles. The van der Waals surface area contributed by atoms with Gasteiger partial charge in [0.25, 0.3) is 0 Å². The maximum Gasteiger partial charge on any atom is 0.415 e. The van der Waals surface area contributed by atoms with E-state index in [0.717, 1.165) is 11.0 Å². The van der Waals surface area contributed by atoms with Crippen molar-refractivity contribution in [2.24, 2.45) is 0 Å². The minimum Gasteiger partial charge on any atom is -0.497 e. The van der Waals surface area contributed by atoms with Gasteiger partial charge >= 0.3 is 12.3 Å². The van der Waals surface area contributed by atoms with Crippen molar-refractivity contribution in [3.05, 3.63) is 35.4 Å². The first kappa shape index (κ1) is 24.0. The largest absolute Gasteiger partial charge is 0.497 e. The predicted molar refractivity (Wildman–Crippen MR) is 105 cm³/mol. The number of aliphatic hydroxyl groups excluding tert-OH is 1. The summed E-state index contributed by atoms with van der Waals surface area (Å²) in [6.45, 7) is 7.71. The summed E-state index contributed by atoms with van der Waals surface area (Å²) in [4.78, 5) is 13.7. The van der Waals surface area contributed by atoms with Gasteiger partial charge in [0.05, 0.1) is 25.3 Å². The van der Waals surface area contributed by atoms with Crippen LogP contribution >= 0.6 is 0 Å². The van der Waals surface area contributed by atoms with E-state index in [9.17, 15) is 23.1 Å². The maximum absolute atomic E-state index is 13.8. The molecule has 1 fully saturated rings. The van der Waals surface area contributed by atoms with E-state index in [4.69, 9.17) is 14.2 Å². The van der Waals surface area contributed by atoms with Gasteiger partial charge in [0.2, 0.25) is 0 Å². The second-order valence-electron chi connectivity index (χ2n) is 8.49. The lowest BCUT2D eigenvalue weighted by atomic mass is 9.98. The van der Waals surface area contributed by atoms with E-state index in [1.54, 1.807) is 32.9 Å². The summed E-state index contributed by atoms with van der Waals surface area (Å²) in [6, 6.07) is 4.73. The van der Waals surface area contributed by atoms with Crippen LogP contribution in [0, 0.1) is 0 Å². The van der Waals surface area contributed by atoms with Crippen molar-refractivity contribution < 1.29 is 37.3 Å². The van der Waals surface area contributed by atoms with Crippen LogP contribution in [-0.4, -0.2) is 59.5 Å². The highest BCUT2D eigenvalue weighted by Gasteiger charge is 2.52. The average Bonchev–Trinajstić information content (AvgIpc) is 2.92. The van der Waals surface area contributed by atoms with Gasteiger partial charge in [0.1, 0.15) is 23.2 Å². The van der Waals surface area contributed by atoms with Crippen LogP contribution < -0.4 is 4.74 Å². The van der Waals surface area contributed by atoms with Gasteiger partial charge in [-0.15, -0.1) is 0 Å². The summed E-state index contributed by atoms with van der Waals surface area (Å²) >= 11 is 0. The van der Waals surface area contributed by atoms with E-state index < -0.39 is 41.3 Å². The van der Waals surface area contributed by atoms with Crippen molar-refractivity contribution in [2.75, 3.05) is 13.7 Å². The molecule has 0 saturated carbocycles. The van der Waals surface area contributed by atoms with Crippen LogP contribution in [0.3, 0.4) is 0 Å². The quantitative estimate of drug-likeness (QED) is 0.767. The molecule has 0 aliphatic carbocycles. The number of benzene rings is 1. The molecule has 168 valence electrons. The van der Waals surface area contributed by atoms with Crippen LogP contribution in [0.4, 0.5) is 18.0 Å². The molecule has 0 spiro atoms. The van der Waals surface area contributed by atoms with Gasteiger partial charge in [0, 0.05) is 0 Å². The fraction of sp³-hybridized carbons (Fsp3) is 0.571. The summed E-state index contributed by atoms with van der Waals surface area (Å²) in [5.74, 6) is 0.375. The Labute approximate surface area is 174 Å². The van der Waals surface area contributed by atoms with Crippen molar-refractivity contribution in [1.29, 1.82) is 0 Å². The van der Waals surface area contributed by atoms with Crippen LogP contribution in [0.15, 0.2) is 29.8 Å². The lowest BCUT2D eigenvalue weighted by molar-refractivity contribution is -0.111. The van der Waals surface area contributed by atoms with Crippen LogP contribution in [0.2, 0.25) is 0 Å². The first-order chi connectivity index (χ1) is 13.7. The van der Waals surface area contributed by atoms with Crippen LogP contribution in [0.25, 0.3) is 6.08 Å². The Balaban J connectivity index is 2.44. The number of alkyl halides is 3. The number of amides is 1. The standard InChI is InChI=1S/C21H28F3NO5/c1-19(2,3)30-18(27)25-16(12-29-20(25,4)5)17(26)15(21(22,23)24)11-13-8-7-9-14(10-13)28-6/h7-11,16-17,26H,12H2,1-6H3/b15-11-/t16-,17+/m0/s1. The number of ether oxygens (including phenoxy) is 3. The molecule has 9 heteroatoms. The van der Waals surface area contributed by atoms with E-state index >= 15 is 0 Å². The van der Waals surface area contributed by atoms with E-state index in [1.807, 2.05) is 0 Å². The molecule has 0 aromatic heterocycles. The number of methoxy groups -OCH3 is 1. The van der Waals surface area contributed by atoms with Gasteiger partial charge in [-0.2, -0.15) is 13.2 Å². The zero-order valence-corrected chi connectivity index (χ0v) is 17.9. The van der Waals surface area contributed by atoms with Gasteiger partial charge < -0.3 is 19.3 Å². The molecular formula is C21H28F3NO5. The van der Waals surface area contributed by atoms with E-state index in [2.05, 4.69) is 0 Å². The molecule has 1 saturated heterocycles. The first-order valence-electron chi connectivity index (χ1n) is 9.43. The highest BCUT2D eigenvalue weighted by Crippen LogP contribution is 2.38. The first-order valence-corrected chi connectivity index (χ1v) is 9.43. The Kier molecular flexibility index (Phi) is 6.78. The molecule has 1 aromatic rings. The number of rotatable bonds is 4. The highest BCUT2D eigenvalue weighted by molar-refractivity contribution is 5.70. The van der Waals surface area contributed by atoms with Crippen molar-refractivity contribution in [3.8, 4) is 5.75 Å². The molecule has 1 N–H and O–H groups in total. The summed E-state index contributed by atoms with van der Waals surface area (Å²) < 4.78 is 57.4. The minimum absolute atomic E-state index is 0.197. The van der Waals surface area contributed by atoms with Crippen LogP contribution in [0.5, 0.6) is 5.75 Å². The molecule has 2 atom stereocenters. The molecule has 1 aliphatic rings. The molecular weight excluding hydrogens is 403 g/mol. The maximum atomic E-state index is 13.8. The summed E-state index contributed by atoms with van der Waals surface area (Å²) in [5.41, 5.74) is -3.12. The third-order valence-corrected chi connectivity index (χ3v) is 4.54. The minimum atomic E-state index is -4.84. The number of hydrogen-bond acceptors (Lipinski definition) is 5. The number of aliphatic hydroxyl groups is 1. The van der Waals surface area contributed by atoms with Gasteiger partial charge in [-0.25, -0.2) is 4.79 Å². The molecule has 1 aromatic carbocycles. The van der Waals surface area contributed by atoms with E-state index in [1.165, 1.54) is 33.1 Å². The molecule has 6 nitrogen and oxygen atoms in total. The average molecular weight is 431 g/mol. The monoisotopic (exact) mass is 431 g/mol. The molecule has 2 rings (SSSR count). The number of carbonyl (C=O) groups excluding carboxylic acids is 1. The van der Waals surface area contributed by atoms with E-state index in [0.29, 0.717) is 5.75 Å². The Morgan fingerprint density at radius 1 is 1.33 bits per heavy atom. The smallest absolute Gasteiger partial charge is 0.415 e. The van der Waals surface area contributed by atoms with E-state index in [-0.39, 0.29) is 12.2 Å². The lowest BCUT2D eigenvalue weighted by Crippen LogP contribution is -2.54. The summed E-state index contributed by atoms with van der Waals surface area (Å²) in [7, 11) is 1.40. The number of carbonyl (C=O) groups is 1. The molecule has 0 bridgehead atoms. The third-order valence-electron chi connectivity index (χ3n) is 4.54. The van der Waals surface area contributed by atoms with Crippen molar-refractivity contribution >= 4 is 12.2 Å². The summed E-state index contributed by atoms with van der Waals surface area (Å²) in [5, 5.41) is 10.7. The molecule has 1 amide bonds. The Morgan fingerprint density at radius 2 is 1.97 bits per heavy atom. The highest BCUT2D eigenvalue weighted by atomic mass is 19.4. The Bertz CT molecular complexity index is 799. The number of halogens is 3.